The van der Waals surface area contributed by atoms with Crippen molar-refractivity contribution in [3.63, 3.8) is 0 Å². The van der Waals surface area contributed by atoms with Gasteiger partial charge in [-0.05, 0) is 29.7 Å². The predicted molar refractivity (Wildman–Crippen MR) is 92.4 cm³/mol. The van der Waals surface area contributed by atoms with E-state index in [-0.39, 0.29) is 12.2 Å². The van der Waals surface area contributed by atoms with Crippen LogP contribution in [0.15, 0.2) is 59.4 Å². The van der Waals surface area contributed by atoms with Crippen LogP contribution in [-0.2, 0) is 12.8 Å². The first-order valence-corrected chi connectivity index (χ1v) is 7.71. The Labute approximate surface area is 139 Å². The first kappa shape index (κ1) is 15.9. The number of anilines is 2. The lowest BCUT2D eigenvalue weighted by molar-refractivity contribution is 0.299. The molecule has 0 saturated heterocycles. The van der Waals surface area contributed by atoms with Crippen LogP contribution in [-0.4, -0.2) is 26.9 Å². The molecule has 0 spiro atoms. The highest BCUT2D eigenvalue weighted by Crippen LogP contribution is 2.13. The maximum absolute atomic E-state index is 12.1. The Hall–Kier alpha value is -2.99. The number of aliphatic hydroxyl groups is 1. The van der Waals surface area contributed by atoms with Crippen LogP contribution in [0.25, 0.3) is 0 Å². The van der Waals surface area contributed by atoms with Crippen molar-refractivity contribution in [1.29, 1.82) is 0 Å². The molecule has 3 rings (SSSR count). The Kier molecular flexibility index (Phi) is 4.98. The van der Waals surface area contributed by atoms with Gasteiger partial charge in [0.1, 0.15) is 5.69 Å². The lowest BCUT2D eigenvalue weighted by Gasteiger charge is -2.06. The molecule has 3 aromatic rings. The average Bonchev–Trinajstić information content (AvgIpc) is 2.60. The Morgan fingerprint density at radius 3 is 2.38 bits per heavy atom. The normalized spacial score (nSPS) is 10.5. The average molecular weight is 322 g/mol. The highest BCUT2D eigenvalue weighted by Gasteiger charge is 2.06. The number of nitrogens with one attached hydrogen (secondary N) is 2. The SMILES string of the molecule is O=c1[nH]c(Nc2ccc(CCO)cc2)nnc1Cc1ccccc1. The van der Waals surface area contributed by atoms with Gasteiger partial charge in [-0.15, -0.1) is 10.2 Å². The smallest absolute Gasteiger partial charge is 0.274 e. The number of aliphatic hydroxyl groups excluding tert-OH is 1. The van der Waals surface area contributed by atoms with Gasteiger partial charge < -0.3 is 10.4 Å². The van der Waals surface area contributed by atoms with Crippen LogP contribution in [0.1, 0.15) is 16.8 Å². The van der Waals surface area contributed by atoms with E-state index in [1.165, 1.54) is 0 Å². The number of hydrogen-bond acceptors (Lipinski definition) is 5. The largest absolute Gasteiger partial charge is 0.396 e. The molecule has 2 aromatic carbocycles. The van der Waals surface area contributed by atoms with Gasteiger partial charge in [0.15, 0.2) is 0 Å². The van der Waals surface area contributed by atoms with E-state index >= 15 is 0 Å². The summed E-state index contributed by atoms with van der Waals surface area (Å²) in [4.78, 5) is 14.9. The Morgan fingerprint density at radius 1 is 0.958 bits per heavy atom. The molecule has 6 nitrogen and oxygen atoms in total. The van der Waals surface area contributed by atoms with Crippen molar-refractivity contribution >= 4 is 11.6 Å². The van der Waals surface area contributed by atoms with Crippen molar-refractivity contribution in [3.05, 3.63) is 81.8 Å². The molecule has 0 aliphatic carbocycles. The van der Waals surface area contributed by atoms with E-state index in [4.69, 9.17) is 5.11 Å². The van der Waals surface area contributed by atoms with Crippen molar-refractivity contribution in [2.45, 2.75) is 12.8 Å². The van der Waals surface area contributed by atoms with Gasteiger partial charge in [-0.2, -0.15) is 0 Å². The van der Waals surface area contributed by atoms with E-state index in [1.807, 2.05) is 54.6 Å². The quantitative estimate of drug-likeness (QED) is 0.646. The molecule has 0 unspecified atom stereocenters. The number of rotatable bonds is 6. The molecule has 0 bridgehead atoms. The molecule has 6 heteroatoms. The van der Waals surface area contributed by atoms with E-state index in [9.17, 15) is 4.79 Å². The molecule has 3 N–H and O–H groups in total. The number of nitrogens with zero attached hydrogens (tertiary/aromatic N) is 2. The van der Waals surface area contributed by atoms with Gasteiger partial charge in [-0.1, -0.05) is 42.5 Å². The van der Waals surface area contributed by atoms with Crippen molar-refractivity contribution in [2.75, 3.05) is 11.9 Å². The summed E-state index contributed by atoms with van der Waals surface area (Å²) in [7, 11) is 0. The van der Waals surface area contributed by atoms with Crippen LogP contribution in [0.2, 0.25) is 0 Å². The summed E-state index contributed by atoms with van der Waals surface area (Å²) in [5, 5.41) is 20.0. The minimum atomic E-state index is -0.256. The molecule has 0 fully saturated rings. The molecule has 1 heterocycles. The molecule has 0 atom stereocenters. The standard InChI is InChI=1S/C18H18N4O2/c23-11-10-13-6-8-15(9-7-13)19-18-20-17(24)16(21-22-18)12-14-4-2-1-3-5-14/h1-9,23H,10-12H2,(H2,19,20,22,24). The third-order valence-corrected chi connectivity index (χ3v) is 3.60. The highest BCUT2D eigenvalue weighted by molar-refractivity contribution is 5.53. The zero-order valence-corrected chi connectivity index (χ0v) is 13.1. The van der Waals surface area contributed by atoms with E-state index in [0.29, 0.717) is 24.5 Å². The van der Waals surface area contributed by atoms with Crippen LogP contribution in [0.4, 0.5) is 11.6 Å². The first-order valence-electron chi connectivity index (χ1n) is 7.71. The third kappa shape index (κ3) is 4.05. The first-order chi connectivity index (χ1) is 11.7. The number of benzene rings is 2. The van der Waals surface area contributed by atoms with Crippen molar-refractivity contribution < 1.29 is 5.11 Å². The third-order valence-electron chi connectivity index (χ3n) is 3.60. The molecule has 0 saturated carbocycles. The van der Waals surface area contributed by atoms with Gasteiger partial charge in [0.25, 0.3) is 5.56 Å². The minimum absolute atomic E-state index is 0.119. The maximum Gasteiger partial charge on any atom is 0.274 e. The fourth-order valence-electron chi connectivity index (χ4n) is 2.34. The van der Waals surface area contributed by atoms with Crippen LogP contribution in [0.3, 0.4) is 0 Å². The molecule has 0 amide bonds. The van der Waals surface area contributed by atoms with Gasteiger partial charge in [-0.3, -0.25) is 9.78 Å². The lowest BCUT2D eigenvalue weighted by atomic mass is 10.1. The lowest BCUT2D eigenvalue weighted by Crippen LogP contribution is -2.18. The minimum Gasteiger partial charge on any atom is -0.396 e. The second-order valence-corrected chi connectivity index (χ2v) is 5.41. The molecule has 0 aliphatic rings. The molecule has 0 aliphatic heterocycles. The summed E-state index contributed by atoms with van der Waals surface area (Å²) in [5.74, 6) is 0.298. The van der Waals surface area contributed by atoms with Crippen LogP contribution >= 0.6 is 0 Å². The molecular weight excluding hydrogens is 304 g/mol. The summed E-state index contributed by atoms with van der Waals surface area (Å²) in [6, 6.07) is 17.2. The van der Waals surface area contributed by atoms with E-state index in [2.05, 4.69) is 20.5 Å². The topological polar surface area (TPSA) is 90.9 Å². The van der Waals surface area contributed by atoms with Crippen molar-refractivity contribution in [2.24, 2.45) is 0 Å². The van der Waals surface area contributed by atoms with Crippen molar-refractivity contribution in [1.82, 2.24) is 15.2 Å². The van der Waals surface area contributed by atoms with Gasteiger partial charge in [0.2, 0.25) is 5.95 Å². The van der Waals surface area contributed by atoms with Gasteiger partial charge in [0, 0.05) is 18.7 Å². The molecule has 24 heavy (non-hydrogen) atoms. The van der Waals surface area contributed by atoms with Gasteiger partial charge in [-0.25, -0.2) is 0 Å². The van der Waals surface area contributed by atoms with Crippen LogP contribution in [0, 0.1) is 0 Å². The van der Waals surface area contributed by atoms with Crippen molar-refractivity contribution in [3.8, 4) is 0 Å². The molecule has 1 aromatic heterocycles. The zero-order chi connectivity index (χ0) is 16.8. The van der Waals surface area contributed by atoms with E-state index in [1.54, 1.807) is 0 Å². The predicted octanol–water partition coefficient (Wildman–Crippen LogP) is 2.03. The Bertz CT molecular complexity index is 845. The molecule has 0 radical (unpaired) electrons. The molecule has 122 valence electrons. The summed E-state index contributed by atoms with van der Waals surface area (Å²) >= 11 is 0. The fourth-order valence-corrected chi connectivity index (χ4v) is 2.34. The fraction of sp³-hybridized carbons (Fsp3) is 0.167. The number of H-pyrrole nitrogens is 1. The summed E-state index contributed by atoms with van der Waals surface area (Å²) < 4.78 is 0. The van der Waals surface area contributed by atoms with E-state index in [0.717, 1.165) is 16.8 Å². The highest BCUT2D eigenvalue weighted by atomic mass is 16.2. The monoisotopic (exact) mass is 322 g/mol. The van der Waals surface area contributed by atoms with Crippen LogP contribution in [0.5, 0.6) is 0 Å². The summed E-state index contributed by atoms with van der Waals surface area (Å²) in [6.07, 6.45) is 1.06. The van der Waals surface area contributed by atoms with Gasteiger partial charge >= 0.3 is 0 Å². The summed E-state index contributed by atoms with van der Waals surface area (Å²) in [6.45, 7) is 0.119. The second-order valence-electron chi connectivity index (χ2n) is 5.41. The summed E-state index contributed by atoms with van der Waals surface area (Å²) in [5.41, 5.74) is 2.97. The maximum atomic E-state index is 12.1. The van der Waals surface area contributed by atoms with Crippen LogP contribution < -0.4 is 10.9 Å². The number of aromatic nitrogens is 3. The number of hydrogen-bond donors (Lipinski definition) is 3. The molecular formula is C18H18N4O2. The van der Waals surface area contributed by atoms with E-state index < -0.39 is 0 Å². The number of aromatic amines is 1. The Morgan fingerprint density at radius 2 is 1.71 bits per heavy atom. The zero-order valence-electron chi connectivity index (χ0n) is 13.1. The second kappa shape index (κ2) is 7.52. The Balaban J connectivity index is 1.71. The van der Waals surface area contributed by atoms with Gasteiger partial charge in [0.05, 0.1) is 0 Å².